The van der Waals surface area contributed by atoms with Crippen LogP contribution in [0.25, 0.3) is 21.9 Å². The first-order valence-corrected chi connectivity index (χ1v) is 11.3. The third-order valence-electron chi connectivity index (χ3n) is 7.58. The van der Waals surface area contributed by atoms with Crippen molar-refractivity contribution in [3.05, 3.63) is 53.6 Å². The molecule has 1 fully saturated rings. The van der Waals surface area contributed by atoms with E-state index in [0.29, 0.717) is 16.8 Å². The number of nitrogens with one attached hydrogen (secondary N) is 2. The molecule has 0 unspecified atom stereocenters. The molecule has 0 atom stereocenters. The predicted octanol–water partition coefficient (Wildman–Crippen LogP) is 7.44. The number of phenolic OH excluding ortho intramolecular Hbond substituents is 1. The molecule has 5 heteroatoms. The molecule has 0 bridgehead atoms. The van der Waals surface area contributed by atoms with Gasteiger partial charge in [-0.1, -0.05) is 52.0 Å². The average molecular weight is 435 g/mol. The zero-order valence-corrected chi connectivity index (χ0v) is 18.9. The summed E-state index contributed by atoms with van der Waals surface area (Å²) in [6, 6.07) is 13.8. The first kappa shape index (κ1) is 19.8. The molecule has 3 aromatic rings. The second-order valence-corrected chi connectivity index (χ2v) is 11.6. The number of halogens is 2. The lowest BCUT2D eigenvalue weighted by molar-refractivity contribution is 0.0645. The fraction of sp³-hybridized carbons (Fsp3) is 0.407. The van der Waals surface area contributed by atoms with Crippen molar-refractivity contribution in [2.75, 3.05) is 10.6 Å². The molecule has 3 N–H and O–H groups in total. The standard InChI is InChI=1S/C27H28F2N2O/c1-24(2)12-25(3,4)14-26(13-24)18-8-6-5-7-15(18)23-17-10-21-20(30-27(28,29)31-21)9-16(17)22(32)11-19(23)26/h5-11,30-32H,12-14H2,1-4H3. The monoisotopic (exact) mass is 434 g/mol. The molecule has 3 nitrogen and oxygen atoms in total. The molecule has 0 amide bonds. The molecule has 6 rings (SSSR count). The molecule has 3 aromatic carbocycles. The zero-order chi connectivity index (χ0) is 22.7. The van der Waals surface area contributed by atoms with Crippen LogP contribution in [0.5, 0.6) is 5.75 Å². The van der Waals surface area contributed by atoms with Crippen LogP contribution in [0.3, 0.4) is 0 Å². The molecule has 1 aliphatic heterocycles. The topological polar surface area (TPSA) is 44.3 Å². The normalized spacial score (nSPS) is 22.7. The first-order valence-electron chi connectivity index (χ1n) is 11.3. The maximum Gasteiger partial charge on any atom is 0.409 e. The minimum Gasteiger partial charge on any atom is -0.507 e. The van der Waals surface area contributed by atoms with Crippen LogP contribution >= 0.6 is 0 Å². The highest BCUT2D eigenvalue weighted by Gasteiger charge is 2.53. The number of alkyl halides is 2. The number of benzene rings is 3. The zero-order valence-electron chi connectivity index (χ0n) is 18.9. The van der Waals surface area contributed by atoms with E-state index in [-0.39, 0.29) is 22.0 Å². The largest absolute Gasteiger partial charge is 0.507 e. The summed E-state index contributed by atoms with van der Waals surface area (Å²) in [6.07, 6.45) is -0.0888. The lowest BCUT2D eigenvalue weighted by Gasteiger charge is -2.51. The van der Waals surface area contributed by atoms with Crippen molar-refractivity contribution >= 4 is 22.1 Å². The number of aromatic hydroxyl groups is 1. The Morgan fingerprint density at radius 2 is 1.38 bits per heavy atom. The molecule has 1 heterocycles. The van der Waals surface area contributed by atoms with Gasteiger partial charge in [-0.3, -0.25) is 0 Å². The van der Waals surface area contributed by atoms with Gasteiger partial charge >= 0.3 is 6.17 Å². The van der Waals surface area contributed by atoms with E-state index in [4.69, 9.17) is 0 Å². The maximum absolute atomic E-state index is 14.0. The van der Waals surface area contributed by atoms with Crippen LogP contribution in [0, 0.1) is 10.8 Å². The Hall–Kier alpha value is -2.82. The van der Waals surface area contributed by atoms with E-state index >= 15 is 0 Å². The molecular weight excluding hydrogens is 406 g/mol. The molecule has 2 aliphatic carbocycles. The number of rotatable bonds is 0. The quantitative estimate of drug-likeness (QED) is 0.322. The van der Waals surface area contributed by atoms with Gasteiger partial charge in [0.05, 0.1) is 11.4 Å². The second kappa shape index (κ2) is 5.75. The molecule has 3 aliphatic rings. The Morgan fingerprint density at radius 1 is 0.781 bits per heavy atom. The number of phenols is 1. The molecule has 1 spiro atoms. The highest BCUT2D eigenvalue weighted by molar-refractivity contribution is 6.08. The number of anilines is 2. The summed E-state index contributed by atoms with van der Waals surface area (Å²) in [6.45, 7) is 9.34. The molecule has 32 heavy (non-hydrogen) atoms. The second-order valence-electron chi connectivity index (χ2n) is 11.6. The smallest absolute Gasteiger partial charge is 0.409 e. The molecule has 1 saturated carbocycles. The van der Waals surface area contributed by atoms with Crippen molar-refractivity contribution in [2.24, 2.45) is 10.8 Å². The molecule has 0 aromatic heterocycles. The van der Waals surface area contributed by atoms with E-state index in [1.54, 1.807) is 12.1 Å². The van der Waals surface area contributed by atoms with Gasteiger partial charge in [0.15, 0.2) is 0 Å². The summed E-state index contributed by atoms with van der Waals surface area (Å²) < 4.78 is 27.9. The third kappa shape index (κ3) is 2.63. The summed E-state index contributed by atoms with van der Waals surface area (Å²) in [5.74, 6) is 0.145. The number of fused-ring (bicyclic) bond motifs is 8. The van der Waals surface area contributed by atoms with Crippen molar-refractivity contribution < 1.29 is 13.9 Å². The Balaban J connectivity index is 1.69. The Labute approximate surface area is 186 Å². The Morgan fingerprint density at radius 3 is 2.03 bits per heavy atom. The van der Waals surface area contributed by atoms with E-state index in [2.05, 4.69) is 56.5 Å². The minimum atomic E-state index is -3.20. The number of hydrogen-bond acceptors (Lipinski definition) is 3. The molecule has 0 radical (unpaired) electrons. The lowest BCUT2D eigenvalue weighted by atomic mass is 9.52. The van der Waals surface area contributed by atoms with Crippen LogP contribution in [0.2, 0.25) is 0 Å². The molecular formula is C27H28F2N2O. The van der Waals surface area contributed by atoms with E-state index in [1.807, 2.05) is 12.1 Å². The number of hydrogen-bond donors (Lipinski definition) is 3. The fourth-order valence-electron chi connectivity index (χ4n) is 7.46. The van der Waals surface area contributed by atoms with Crippen LogP contribution < -0.4 is 10.6 Å². The SMILES string of the molecule is CC1(C)CC(C)(C)CC2(C1)c1ccccc1-c1c2cc(O)c2cc3c(cc12)NC(F)(F)N3. The van der Waals surface area contributed by atoms with Gasteiger partial charge in [0.2, 0.25) is 0 Å². The minimum absolute atomic E-state index is 0.131. The summed E-state index contributed by atoms with van der Waals surface area (Å²) in [7, 11) is 0. The van der Waals surface area contributed by atoms with E-state index in [1.165, 1.54) is 5.56 Å². The van der Waals surface area contributed by atoms with Crippen LogP contribution in [0.4, 0.5) is 20.2 Å². The first-order chi connectivity index (χ1) is 14.9. The maximum atomic E-state index is 14.0. The van der Waals surface area contributed by atoms with Crippen LogP contribution in [-0.2, 0) is 5.41 Å². The van der Waals surface area contributed by atoms with Gasteiger partial charge in [-0.25, -0.2) is 0 Å². The van der Waals surface area contributed by atoms with Crippen LogP contribution in [-0.4, -0.2) is 11.3 Å². The van der Waals surface area contributed by atoms with Gasteiger partial charge in [-0.05, 0) is 75.9 Å². The van der Waals surface area contributed by atoms with Gasteiger partial charge < -0.3 is 15.7 Å². The lowest BCUT2D eigenvalue weighted by Crippen LogP contribution is -2.43. The van der Waals surface area contributed by atoms with Crippen molar-refractivity contribution in [1.29, 1.82) is 0 Å². The predicted molar refractivity (Wildman–Crippen MR) is 125 cm³/mol. The molecule has 166 valence electrons. The van der Waals surface area contributed by atoms with Crippen molar-refractivity contribution in [3.8, 4) is 16.9 Å². The summed E-state index contributed by atoms with van der Waals surface area (Å²) in [5, 5.41) is 17.0. The van der Waals surface area contributed by atoms with E-state index in [0.717, 1.165) is 41.3 Å². The van der Waals surface area contributed by atoms with Gasteiger partial charge in [0.25, 0.3) is 0 Å². The van der Waals surface area contributed by atoms with E-state index in [9.17, 15) is 13.9 Å². The Kier molecular flexibility index (Phi) is 3.56. The fourth-order valence-corrected chi connectivity index (χ4v) is 7.46. The van der Waals surface area contributed by atoms with E-state index < -0.39 is 6.17 Å². The third-order valence-corrected chi connectivity index (χ3v) is 7.58. The van der Waals surface area contributed by atoms with Crippen molar-refractivity contribution in [2.45, 2.75) is 58.5 Å². The summed E-state index contributed by atoms with van der Waals surface area (Å²) in [4.78, 5) is 0. The van der Waals surface area contributed by atoms with Crippen molar-refractivity contribution in [1.82, 2.24) is 0 Å². The van der Waals surface area contributed by atoms with Crippen LogP contribution in [0.15, 0.2) is 42.5 Å². The summed E-state index contributed by atoms with van der Waals surface area (Å²) >= 11 is 0. The summed E-state index contributed by atoms with van der Waals surface area (Å²) in [5.41, 5.74) is 5.36. The van der Waals surface area contributed by atoms with Gasteiger partial charge in [0.1, 0.15) is 5.75 Å². The van der Waals surface area contributed by atoms with Gasteiger partial charge in [0, 0.05) is 10.8 Å². The highest BCUT2D eigenvalue weighted by Crippen LogP contribution is 2.65. The van der Waals surface area contributed by atoms with Gasteiger partial charge in [-0.2, -0.15) is 8.78 Å². The molecule has 0 saturated heterocycles. The van der Waals surface area contributed by atoms with Gasteiger partial charge in [-0.15, -0.1) is 0 Å². The van der Waals surface area contributed by atoms with Crippen LogP contribution in [0.1, 0.15) is 58.1 Å². The average Bonchev–Trinajstić information content (AvgIpc) is 3.08. The van der Waals surface area contributed by atoms with Crippen molar-refractivity contribution in [3.63, 3.8) is 0 Å². The Bertz CT molecular complexity index is 1290. The highest BCUT2D eigenvalue weighted by atomic mass is 19.3.